The Morgan fingerprint density at radius 1 is 0.871 bits per heavy atom. The Labute approximate surface area is 185 Å². The number of hydrogen-bond acceptors (Lipinski definition) is 5. The second-order valence-electron chi connectivity index (χ2n) is 7.74. The van der Waals surface area contributed by atoms with Crippen molar-refractivity contribution >= 4 is 34.9 Å². The van der Waals surface area contributed by atoms with E-state index in [0.29, 0.717) is 42.7 Å². The van der Waals surface area contributed by atoms with Crippen molar-refractivity contribution in [3.63, 3.8) is 0 Å². The summed E-state index contributed by atoms with van der Waals surface area (Å²) < 4.78 is 10.7. The zero-order valence-electron chi connectivity index (χ0n) is 17.0. The Balaban J connectivity index is 1.16. The van der Waals surface area contributed by atoms with Gasteiger partial charge < -0.3 is 24.2 Å². The van der Waals surface area contributed by atoms with Gasteiger partial charge in [-0.3, -0.25) is 9.69 Å². The minimum atomic E-state index is -0.160. The van der Waals surface area contributed by atoms with Gasteiger partial charge in [0.15, 0.2) is 11.5 Å². The highest BCUT2D eigenvalue weighted by atomic mass is 35.5. The Morgan fingerprint density at radius 3 is 2.35 bits per heavy atom. The van der Waals surface area contributed by atoms with E-state index in [0.717, 1.165) is 24.5 Å². The third-order valence-corrected chi connectivity index (χ3v) is 6.17. The molecule has 0 aromatic heterocycles. The van der Waals surface area contributed by atoms with Crippen LogP contribution >= 0.6 is 11.6 Å². The molecule has 31 heavy (non-hydrogen) atoms. The van der Waals surface area contributed by atoms with E-state index in [1.165, 1.54) is 0 Å². The third kappa shape index (κ3) is 3.95. The topological polar surface area (TPSA) is 65.6 Å². The zero-order chi connectivity index (χ0) is 21.4. The van der Waals surface area contributed by atoms with Crippen LogP contribution in [0, 0.1) is 0 Å². The van der Waals surface area contributed by atoms with Crippen molar-refractivity contribution in [1.29, 1.82) is 0 Å². The molecule has 2 saturated heterocycles. The summed E-state index contributed by atoms with van der Waals surface area (Å²) in [6.45, 7) is 4.12. The molecule has 9 heteroatoms. The number of ether oxygens (including phenoxy) is 2. The molecule has 2 fully saturated rings. The van der Waals surface area contributed by atoms with Crippen molar-refractivity contribution in [1.82, 2.24) is 9.80 Å². The van der Waals surface area contributed by atoms with Crippen LogP contribution in [0.5, 0.6) is 11.5 Å². The highest BCUT2D eigenvalue weighted by Gasteiger charge is 2.33. The number of nitrogens with zero attached hydrogens (tertiary/aromatic N) is 4. The predicted molar refractivity (Wildman–Crippen MR) is 117 cm³/mol. The zero-order valence-corrected chi connectivity index (χ0v) is 17.8. The number of hydrogen-bond donors (Lipinski definition) is 0. The molecule has 3 heterocycles. The Hall–Kier alpha value is -3.13. The maximum Gasteiger partial charge on any atom is 0.325 e. The van der Waals surface area contributed by atoms with Gasteiger partial charge in [0.1, 0.15) is 6.54 Å². The molecule has 0 N–H and O–H groups in total. The Morgan fingerprint density at radius 2 is 1.58 bits per heavy atom. The van der Waals surface area contributed by atoms with Gasteiger partial charge in [0.25, 0.3) is 0 Å². The van der Waals surface area contributed by atoms with Crippen molar-refractivity contribution in [2.45, 2.75) is 0 Å². The van der Waals surface area contributed by atoms with Crippen LogP contribution in [-0.4, -0.2) is 74.3 Å². The minimum absolute atomic E-state index is 0.0170. The fraction of sp³-hybridized carbons (Fsp3) is 0.364. The number of fused-ring (bicyclic) bond motifs is 1. The van der Waals surface area contributed by atoms with Gasteiger partial charge in [-0.25, -0.2) is 4.79 Å². The lowest BCUT2D eigenvalue weighted by atomic mass is 10.2. The Bertz CT molecular complexity index is 992. The first-order valence-electron chi connectivity index (χ1n) is 10.3. The number of rotatable bonds is 4. The number of carbonyl (C=O) groups is 2. The van der Waals surface area contributed by atoms with Crippen LogP contribution < -0.4 is 19.3 Å². The van der Waals surface area contributed by atoms with Crippen molar-refractivity contribution < 1.29 is 19.1 Å². The number of benzene rings is 2. The molecule has 0 atom stereocenters. The van der Waals surface area contributed by atoms with Crippen LogP contribution in [0.3, 0.4) is 0 Å². The van der Waals surface area contributed by atoms with E-state index in [1.807, 2.05) is 41.3 Å². The van der Waals surface area contributed by atoms with Gasteiger partial charge in [0, 0.05) is 61.7 Å². The van der Waals surface area contributed by atoms with E-state index < -0.39 is 0 Å². The molecule has 0 aliphatic carbocycles. The maximum absolute atomic E-state index is 12.9. The largest absolute Gasteiger partial charge is 0.454 e. The summed E-state index contributed by atoms with van der Waals surface area (Å²) in [6.07, 6.45) is 0. The summed E-state index contributed by atoms with van der Waals surface area (Å²) in [7, 11) is 0. The number of urea groups is 1. The SMILES string of the molecule is O=C(CN1CCN(c2ccc3c(c2)OCO3)C1=O)N1CCN(c2ccc(Cl)cc2)CC1. The molecule has 8 nitrogen and oxygen atoms in total. The molecule has 3 aliphatic rings. The summed E-state index contributed by atoms with van der Waals surface area (Å²) in [5.41, 5.74) is 1.85. The molecule has 0 spiro atoms. The highest BCUT2D eigenvalue weighted by Crippen LogP contribution is 2.36. The lowest BCUT2D eigenvalue weighted by molar-refractivity contribution is -0.131. The van der Waals surface area contributed by atoms with Crippen molar-refractivity contribution in [2.75, 3.05) is 62.4 Å². The molecule has 5 rings (SSSR count). The summed E-state index contributed by atoms with van der Waals surface area (Å²) in [6, 6.07) is 13.0. The van der Waals surface area contributed by atoms with Crippen LogP contribution in [0.1, 0.15) is 0 Å². The van der Waals surface area contributed by atoms with Crippen molar-refractivity contribution in [3.8, 4) is 11.5 Å². The lowest BCUT2D eigenvalue weighted by Crippen LogP contribution is -2.51. The smallest absolute Gasteiger partial charge is 0.325 e. The van der Waals surface area contributed by atoms with Gasteiger partial charge in [-0.05, 0) is 36.4 Å². The molecule has 2 aromatic carbocycles. The van der Waals surface area contributed by atoms with Gasteiger partial charge in [-0.2, -0.15) is 0 Å². The monoisotopic (exact) mass is 442 g/mol. The van der Waals surface area contributed by atoms with E-state index >= 15 is 0 Å². The fourth-order valence-corrected chi connectivity index (χ4v) is 4.28. The van der Waals surface area contributed by atoms with Crippen LogP contribution in [0.4, 0.5) is 16.2 Å². The molecule has 3 amide bonds. The Kier molecular flexibility index (Phi) is 5.23. The van der Waals surface area contributed by atoms with Crippen LogP contribution in [0.2, 0.25) is 5.02 Å². The van der Waals surface area contributed by atoms with Gasteiger partial charge in [0.2, 0.25) is 12.7 Å². The van der Waals surface area contributed by atoms with E-state index in [-0.39, 0.29) is 25.3 Å². The van der Waals surface area contributed by atoms with E-state index in [1.54, 1.807) is 15.9 Å². The summed E-state index contributed by atoms with van der Waals surface area (Å²) in [4.78, 5) is 33.1. The number of anilines is 2. The maximum atomic E-state index is 12.9. The van der Waals surface area contributed by atoms with Crippen LogP contribution in [0.15, 0.2) is 42.5 Å². The van der Waals surface area contributed by atoms with Crippen LogP contribution in [0.25, 0.3) is 0 Å². The lowest BCUT2D eigenvalue weighted by Gasteiger charge is -2.36. The van der Waals surface area contributed by atoms with Crippen LogP contribution in [-0.2, 0) is 4.79 Å². The third-order valence-electron chi connectivity index (χ3n) is 5.91. The van der Waals surface area contributed by atoms with E-state index in [4.69, 9.17) is 21.1 Å². The molecule has 0 saturated carbocycles. The number of carbonyl (C=O) groups excluding carboxylic acids is 2. The molecule has 2 aromatic rings. The molecule has 0 unspecified atom stereocenters. The molecule has 162 valence electrons. The molecule has 3 aliphatic heterocycles. The normalized spacial score (nSPS) is 18.2. The second-order valence-corrected chi connectivity index (χ2v) is 8.17. The number of halogens is 1. The second kappa shape index (κ2) is 8.19. The molecular formula is C22H23ClN4O4. The molecule has 0 bridgehead atoms. The average molecular weight is 443 g/mol. The summed E-state index contributed by atoms with van der Waals surface area (Å²) >= 11 is 5.96. The van der Waals surface area contributed by atoms with E-state index in [2.05, 4.69) is 4.90 Å². The van der Waals surface area contributed by atoms with Crippen molar-refractivity contribution in [2.24, 2.45) is 0 Å². The molecular weight excluding hydrogens is 420 g/mol. The standard InChI is InChI=1S/C22H23ClN4O4/c23-16-1-3-17(4-2-16)24-7-9-25(10-8-24)21(28)14-26-11-12-27(22(26)29)18-5-6-19-20(13-18)31-15-30-19/h1-6,13H,7-12,14-15H2. The predicted octanol–water partition coefficient (Wildman–Crippen LogP) is 2.66. The highest BCUT2D eigenvalue weighted by molar-refractivity contribution is 6.30. The minimum Gasteiger partial charge on any atom is -0.454 e. The molecule has 0 radical (unpaired) electrons. The first kappa shape index (κ1) is 19.8. The van der Waals surface area contributed by atoms with Gasteiger partial charge in [-0.15, -0.1) is 0 Å². The van der Waals surface area contributed by atoms with Gasteiger partial charge in [-0.1, -0.05) is 11.6 Å². The quantitative estimate of drug-likeness (QED) is 0.728. The first-order chi connectivity index (χ1) is 15.1. The first-order valence-corrected chi connectivity index (χ1v) is 10.7. The number of amides is 3. The fourth-order valence-electron chi connectivity index (χ4n) is 4.15. The van der Waals surface area contributed by atoms with Gasteiger partial charge in [0.05, 0.1) is 0 Å². The average Bonchev–Trinajstić information content (AvgIpc) is 3.40. The van der Waals surface area contributed by atoms with Crippen molar-refractivity contribution in [3.05, 3.63) is 47.5 Å². The summed E-state index contributed by atoms with van der Waals surface area (Å²) in [5, 5.41) is 0.711. The summed E-state index contributed by atoms with van der Waals surface area (Å²) in [5.74, 6) is 1.30. The number of piperazine rings is 1. The van der Waals surface area contributed by atoms with E-state index in [9.17, 15) is 9.59 Å². The van der Waals surface area contributed by atoms with Gasteiger partial charge >= 0.3 is 6.03 Å².